The average Bonchev–Trinajstić information content (AvgIpc) is 2.75. The van der Waals surface area contributed by atoms with E-state index >= 15 is 0 Å². The Morgan fingerprint density at radius 3 is 2.79 bits per heavy atom. The molecule has 1 aliphatic heterocycles. The predicted molar refractivity (Wildman–Crippen MR) is 117 cm³/mol. The van der Waals surface area contributed by atoms with Crippen LogP contribution in [0.3, 0.4) is 0 Å². The van der Waals surface area contributed by atoms with Crippen LogP contribution in [0.15, 0.2) is 48.7 Å². The molecule has 0 radical (unpaired) electrons. The molecular weight excluding hydrogens is 362 g/mol. The van der Waals surface area contributed by atoms with Gasteiger partial charge in [-0.25, -0.2) is 0 Å². The van der Waals surface area contributed by atoms with Gasteiger partial charge in [-0.1, -0.05) is 18.2 Å². The average molecular weight is 392 g/mol. The topological polar surface area (TPSA) is 46.6 Å². The van der Waals surface area contributed by atoms with Crippen molar-refractivity contribution in [2.24, 2.45) is 0 Å². The summed E-state index contributed by atoms with van der Waals surface area (Å²) in [5.41, 5.74) is 4.84. The molecule has 152 valence electrons. The molecule has 1 N–H and O–H groups in total. The van der Waals surface area contributed by atoms with Crippen LogP contribution in [0.5, 0.6) is 11.5 Å². The summed E-state index contributed by atoms with van der Waals surface area (Å²) in [5, 5.41) is 4.88. The molecule has 1 unspecified atom stereocenters. The highest BCUT2D eigenvalue weighted by Crippen LogP contribution is 2.39. The van der Waals surface area contributed by atoms with Gasteiger partial charge < -0.3 is 19.7 Å². The van der Waals surface area contributed by atoms with Gasteiger partial charge in [-0.3, -0.25) is 4.98 Å². The lowest BCUT2D eigenvalue weighted by molar-refractivity contribution is 0.267. The molecule has 29 heavy (non-hydrogen) atoms. The summed E-state index contributed by atoms with van der Waals surface area (Å²) in [4.78, 5) is 6.69. The van der Waals surface area contributed by atoms with E-state index in [0.29, 0.717) is 6.61 Å². The molecule has 1 atom stereocenters. The molecule has 2 heterocycles. The second kappa shape index (κ2) is 8.80. The highest BCUT2D eigenvalue weighted by Gasteiger charge is 2.25. The minimum absolute atomic E-state index is 0.113. The van der Waals surface area contributed by atoms with Gasteiger partial charge in [0.2, 0.25) is 0 Å². The van der Waals surface area contributed by atoms with Gasteiger partial charge in [0.05, 0.1) is 25.3 Å². The Balaban J connectivity index is 1.69. The third-order valence-electron chi connectivity index (χ3n) is 5.48. The van der Waals surface area contributed by atoms with Gasteiger partial charge in [-0.05, 0) is 67.9 Å². The van der Waals surface area contributed by atoms with Crippen LogP contribution < -0.4 is 14.8 Å². The van der Waals surface area contributed by atoms with Gasteiger partial charge in [-0.2, -0.15) is 0 Å². The maximum Gasteiger partial charge on any atom is 0.161 e. The summed E-state index contributed by atoms with van der Waals surface area (Å²) in [6, 6.07) is 14.9. The lowest BCUT2D eigenvalue weighted by Crippen LogP contribution is -2.31. The number of aromatic nitrogens is 1. The van der Waals surface area contributed by atoms with Gasteiger partial charge in [0.15, 0.2) is 11.5 Å². The Hall–Kier alpha value is -2.63. The molecule has 1 aromatic heterocycles. The number of hydrogen-bond acceptors (Lipinski definition) is 5. The first-order valence-corrected chi connectivity index (χ1v) is 10.2. The van der Waals surface area contributed by atoms with E-state index in [0.717, 1.165) is 42.9 Å². The normalized spacial score (nSPS) is 16.1. The first-order chi connectivity index (χ1) is 14.2. The zero-order valence-corrected chi connectivity index (χ0v) is 17.4. The van der Waals surface area contributed by atoms with E-state index in [9.17, 15) is 0 Å². The van der Waals surface area contributed by atoms with E-state index in [1.54, 1.807) is 7.11 Å². The Morgan fingerprint density at radius 2 is 1.97 bits per heavy atom. The first-order valence-electron chi connectivity index (χ1n) is 10.2. The van der Waals surface area contributed by atoms with Gasteiger partial charge in [-0.15, -0.1) is 0 Å². The zero-order chi connectivity index (χ0) is 20.2. The Kier molecular flexibility index (Phi) is 5.97. The van der Waals surface area contributed by atoms with Crippen LogP contribution >= 0.6 is 0 Å². The number of fused-ring (bicyclic) bond motifs is 2. The van der Waals surface area contributed by atoms with Crippen molar-refractivity contribution in [1.29, 1.82) is 0 Å². The van der Waals surface area contributed by atoms with Crippen LogP contribution in [-0.4, -0.2) is 50.8 Å². The molecule has 4 rings (SSSR count). The molecule has 0 spiro atoms. The largest absolute Gasteiger partial charge is 0.493 e. The maximum absolute atomic E-state index is 6.12. The van der Waals surface area contributed by atoms with Crippen molar-refractivity contribution in [3.8, 4) is 11.5 Å². The molecule has 3 aromatic rings. The van der Waals surface area contributed by atoms with Crippen molar-refractivity contribution in [2.45, 2.75) is 18.9 Å². The smallest absolute Gasteiger partial charge is 0.161 e. The number of hydrogen-bond donors (Lipinski definition) is 1. The molecule has 0 saturated heterocycles. The number of benzene rings is 2. The molecule has 0 bridgehead atoms. The molecule has 5 nitrogen and oxygen atoms in total. The SMILES string of the molecule is COc1cc2c(cc1OCCCN(C)C)C(c1ccnc3ccccc13)NCC2. The predicted octanol–water partition coefficient (Wildman–Crippen LogP) is 3.81. The minimum Gasteiger partial charge on any atom is -0.493 e. The number of para-hydroxylation sites is 1. The minimum atomic E-state index is 0.113. The third kappa shape index (κ3) is 4.21. The van der Waals surface area contributed by atoms with Crippen LogP contribution in [0.4, 0.5) is 0 Å². The molecule has 0 saturated carbocycles. The summed E-state index contributed by atoms with van der Waals surface area (Å²) >= 11 is 0. The summed E-state index contributed by atoms with van der Waals surface area (Å²) in [6.07, 6.45) is 3.85. The van der Waals surface area contributed by atoms with Gasteiger partial charge in [0, 0.05) is 24.7 Å². The van der Waals surface area contributed by atoms with E-state index in [2.05, 4.69) is 65.7 Å². The van der Waals surface area contributed by atoms with E-state index in [1.807, 2.05) is 12.3 Å². The zero-order valence-electron chi connectivity index (χ0n) is 17.4. The summed E-state index contributed by atoms with van der Waals surface area (Å²) in [7, 11) is 5.87. The van der Waals surface area contributed by atoms with Gasteiger partial charge >= 0.3 is 0 Å². The Morgan fingerprint density at radius 1 is 1.10 bits per heavy atom. The fraction of sp³-hybridized carbons (Fsp3) is 0.375. The van der Waals surface area contributed by atoms with Crippen molar-refractivity contribution in [3.63, 3.8) is 0 Å². The molecule has 0 aliphatic carbocycles. The number of pyridine rings is 1. The summed E-state index contributed by atoms with van der Waals surface area (Å²) in [5.74, 6) is 1.63. The number of methoxy groups -OCH3 is 1. The maximum atomic E-state index is 6.12. The molecule has 2 aromatic carbocycles. The number of ether oxygens (including phenoxy) is 2. The van der Waals surface area contributed by atoms with E-state index in [-0.39, 0.29) is 6.04 Å². The standard InChI is InChI=1S/C24H29N3O2/c1-27(2)13-6-14-29-23-16-20-17(15-22(23)28-3)9-11-26-24(20)19-10-12-25-21-8-5-4-7-18(19)21/h4-5,7-8,10,12,15-16,24,26H,6,9,11,13-14H2,1-3H3. The fourth-order valence-electron chi connectivity index (χ4n) is 4.05. The van der Waals surface area contributed by atoms with Crippen molar-refractivity contribution in [1.82, 2.24) is 15.2 Å². The van der Waals surface area contributed by atoms with Gasteiger partial charge in [0.25, 0.3) is 0 Å². The number of nitrogens with one attached hydrogen (secondary N) is 1. The van der Waals surface area contributed by atoms with Crippen LogP contribution in [0.2, 0.25) is 0 Å². The van der Waals surface area contributed by atoms with Crippen molar-refractivity contribution in [3.05, 3.63) is 65.4 Å². The van der Waals surface area contributed by atoms with Crippen LogP contribution in [0.25, 0.3) is 10.9 Å². The first kappa shape index (κ1) is 19.7. The fourth-order valence-corrected chi connectivity index (χ4v) is 4.05. The van der Waals surface area contributed by atoms with Crippen LogP contribution in [0.1, 0.15) is 29.2 Å². The van der Waals surface area contributed by atoms with Crippen LogP contribution in [0, 0.1) is 0 Å². The second-order valence-corrected chi connectivity index (χ2v) is 7.76. The highest BCUT2D eigenvalue weighted by atomic mass is 16.5. The molecular formula is C24H29N3O2. The van der Waals surface area contributed by atoms with E-state index < -0.39 is 0 Å². The summed E-state index contributed by atoms with van der Waals surface area (Å²) in [6.45, 7) is 2.60. The van der Waals surface area contributed by atoms with Crippen molar-refractivity contribution >= 4 is 10.9 Å². The molecule has 0 fully saturated rings. The monoisotopic (exact) mass is 391 g/mol. The molecule has 0 amide bonds. The Labute approximate surface area is 172 Å². The summed E-state index contributed by atoms with van der Waals surface area (Å²) < 4.78 is 11.8. The Bertz CT molecular complexity index is 982. The lowest BCUT2D eigenvalue weighted by atomic mass is 9.88. The van der Waals surface area contributed by atoms with E-state index in [1.165, 1.54) is 22.1 Å². The second-order valence-electron chi connectivity index (χ2n) is 7.76. The number of rotatable bonds is 7. The van der Waals surface area contributed by atoms with Gasteiger partial charge in [0.1, 0.15) is 0 Å². The van der Waals surface area contributed by atoms with Crippen molar-refractivity contribution in [2.75, 3.05) is 40.9 Å². The molecule has 1 aliphatic rings. The van der Waals surface area contributed by atoms with Crippen LogP contribution in [-0.2, 0) is 6.42 Å². The van der Waals surface area contributed by atoms with E-state index in [4.69, 9.17) is 9.47 Å². The number of nitrogens with zero attached hydrogens (tertiary/aromatic N) is 2. The van der Waals surface area contributed by atoms with Crippen molar-refractivity contribution < 1.29 is 9.47 Å². The lowest BCUT2D eigenvalue weighted by Gasteiger charge is -2.29. The molecule has 5 heteroatoms. The quantitative estimate of drug-likeness (QED) is 0.621. The highest BCUT2D eigenvalue weighted by molar-refractivity contribution is 5.83. The third-order valence-corrected chi connectivity index (χ3v) is 5.48.